The molecule has 1 aliphatic heterocycles. The molecule has 28 heavy (non-hydrogen) atoms. The van der Waals surface area contributed by atoms with E-state index in [0.29, 0.717) is 17.5 Å². The summed E-state index contributed by atoms with van der Waals surface area (Å²) in [5, 5.41) is 0. The Balaban J connectivity index is 1.83. The Morgan fingerprint density at radius 1 is 1.18 bits per heavy atom. The maximum Gasteiger partial charge on any atom is 0.393 e. The Bertz CT molecular complexity index is 826. The van der Waals surface area contributed by atoms with Crippen LogP contribution in [0.15, 0.2) is 30.8 Å². The molecule has 0 bridgehead atoms. The molecule has 7 heteroatoms. The van der Waals surface area contributed by atoms with Crippen molar-refractivity contribution in [3.8, 4) is 11.6 Å². The van der Waals surface area contributed by atoms with Crippen LogP contribution in [0, 0.1) is 6.92 Å². The van der Waals surface area contributed by atoms with Gasteiger partial charge in [0, 0.05) is 5.56 Å². The number of rotatable bonds is 5. The maximum atomic E-state index is 13.0. The van der Waals surface area contributed by atoms with Crippen molar-refractivity contribution < 1.29 is 17.9 Å². The molecule has 0 aliphatic carbocycles. The minimum absolute atomic E-state index is 0.0771. The highest BCUT2D eigenvalue weighted by Crippen LogP contribution is 2.33. The minimum Gasteiger partial charge on any atom is -0.439 e. The Morgan fingerprint density at radius 3 is 2.39 bits per heavy atom. The van der Waals surface area contributed by atoms with E-state index in [-0.39, 0.29) is 17.1 Å². The summed E-state index contributed by atoms with van der Waals surface area (Å²) < 4.78 is 44.8. The van der Waals surface area contributed by atoms with Gasteiger partial charge < -0.3 is 9.64 Å². The standard InChI is InChI=1S/C21H24F3N3O/c1-4-19-18(13-21(22,23)24)20(26-14(2)25-19)28-17-7-5-15(6-8-17)16-9-11-27(3)12-10-16/h4-8,16H,1,9-13H2,2-3H3. The van der Waals surface area contributed by atoms with Gasteiger partial charge in [0.1, 0.15) is 11.6 Å². The van der Waals surface area contributed by atoms with Crippen LogP contribution in [0.25, 0.3) is 6.08 Å². The summed E-state index contributed by atoms with van der Waals surface area (Å²) in [7, 11) is 2.12. The predicted octanol–water partition coefficient (Wildman–Crippen LogP) is 5.13. The zero-order valence-corrected chi connectivity index (χ0v) is 16.1. The number of alkyl halides is 3. The van der Waals surface area contributed by atoms with Gasteiger partial charge >= 0.3 is 6.18 Å². The van der Waals surface area contributed by atoms with Gasteiger partial charge in [-0.3, -0.25) is 0 Å². The fourth-order valence-electron chi connectivity index (χ4n) is 3.47. The number of halogens is 3. The van der Waals surface area contributed by atoms with Gasteiger partial charge in [-0.05, 0) is 69.6 Å². The van der Waals surface area contributed by atoms with Crippen molar-refractivity contribution in [3.05, 3.63) is 53.5 Å². The molecule has 1 fully saturated rings. The number of piperidine rings is 1. The number of hydrogen-bond donors (Lipinski definition) is 0. The summed E-state index contributed by atoms with van der Waals surface area (Å²) in [6.45, 7) is 7.30. The Kier molecular flexibility index (Phi) is 6.03. The summed E-state index contributed by atoms with van der Waals surface area (Å²) in [5.41, 5.74) is 1.26. The smallest absolute Gasteiger partial charge is 0.393 e. The number of aryl methyl sites for hydroxylation is 1. The molecule has 2 aromatic rings. The van der Waals surface area contributed by atoms with Crippen LogP contribution in [0.5, 0.6) is 11.6 Å². The lowest BCUT2D eigenvalue weighted by atomic mass is 9.90. The van der Waals surface area contributed by atoms with Gasteiger partial charge in [-0.2, -0.15) is 18.2 Å². The average Bonchev–Trinajstić information content (AvgIpc) is 2.64. The zero-order valence-electron chi connectivity index (χ0n) is 16.1. The number of likely N-dealkylation sites (tertiary alicyclic amines) is 1. The molecule has 0 amide bonds. The summed E-state index contributed by atoms with van der Waals surface area (Å²) in [4.78, 5) is 10.5. The highest BCUT2D eigenvalue weighted by Gasteiger charge is 2.32. The van der Waals surface area contributed by atoms with E-state index in [4.69, 9.17) is 4.74 Å². The quantitative estimate of drug-likeness (QED) is 0.708. The third-order valence-electron chi connectivity index (χ3n) is 4.97. The Labute approximate surface area is 163 Å². The van der Waals surface area contributed by atoms with Crippen molar-refractivity contribution >= 4 is 6.08 Å². The van der Waals surface area contributed by atoms with Gasteiger partial charge in [-0.25, -0.2) is 4.98 Å². The first-order chi connectivity index (χ1) is 13.2. The average molecular weight is 391 g/mol. The van der Waals surface area contributed by atoms with Gasteiger partial charge in [0.2, 0.25) is 5.88 Å². The second-order valence-corrected chi connectivity index (χ2v) is 7.18. The number of hydrogen-bond acceptors (Lipinski definition) is 4. The molecule has 0 saturated carbocycles. The van der Waals surface area contributed by atoms with Crippen molar-refractivity contribution in [1.29, 1.82) is 0 Å². The van der Waals surface area contributed by atoms with E-state index in [1.54, 1.807) is 19.1 Å². The second-order valence-electron chi connectivity index (χ2n) is 7.18. The highest BCUT2D eigenvalue weighted by atomic mass is 19.4. The van der Waals surface area contributed by atoms with Crippen molar-refractivity contribution in [2.45, 2.75) is 38.3 Å². The molecule has 150 valence electrons. The number of nitrogens with zero attached hydrogens (tertiary/aromatic N) is 3. The first-order valence-corrected chi connectivity index (χ1v) is 9.28. The first-order valence-electron chi connectivity index (χ1n) is 9.28. The molecule has 4 nitrogen and oxygen atoms in total. The normalized spacial score (nSPS) is 16.2. The first kappa shape index (κ1) is 20.3. The predicted molar refractivity (Wildman–Crippen MR) is 103 cm³/mol. The molecular weight excluding hydrogens is 367 g/mol. The molecule has 0 unspecified atom stereocenters. The molecule has 1 saturated heterocycles. The van der Waals surface area contributed by atoms with Crippen LogP contribution in [0.1, 0.15) is 41.4 Å². The van der Waals surface area contributed by atoms with Crippen LogP contribution in [-0.4, -0.2) is 41.2 Å². The molecular formula is C21H24F3N3O. The number of ether oxygens (including phenoxy) is 1. The zero-order chi connectivity index (χ0) is 20.3. The fourth-order valence-corrected chi connectivity index (χ4v) is 3.47. The van der Waals surface area contributed by atoms with Crippen molar-refractivity contribution in [3.63, 3.8) is 0 Å². The third-order valence-corrected chi connectivity index (χ3v) is 4.97. The molecule has 0 atom stereocenters. The molecule has 0 spiro atoms. The third kappa shape index (κ3) is 5.10. The van der Waals surface area contributed by atoms with E-state index in [0.717, 1.165) is 25.9 Å². The SMILES string of the molecule is C=Cc1nc(C)nc(Oc2ccc(C3CCN(C)CC3)cc2)c1CC(F)(F)F. The lowest BCUT2D eigenvalue weighted by molar-refractivity contribution is -0.127. The summed E-state index contributed by atoms with van der Waals surface area (Å²) >= 11 is 0. The van der Waals surface area contributed by atoms with Crippen LogP contribution in [0.2, 0.25) is 0 Å². The topological polar surface area (TPSA) is 38.3 Å². The van der Waals surface area contributed by atoms with Crippen molar-refractivity contribution in [2.75, 3.05) is 20.1 Å². The molecule has 0 N–H and O–H groups in total. The summed E-state index contributed by atoms with van der Waals surface area (Å²) in [6.07, 6.45) is -2.07. The van der Waals surface area contributed by atoms with E-state index >= 15 is 0 Å². The van der Waals surface area contributed by atoms with Crippen LogP contribution in [0.4, 0.5) is 13.2 Å². The van der Waals surface area contributed by atoms with E-state index in [2.05, 4.69) is 28.5 Å². The molecule has 1 aromatic carbocycles. The van der Waals surface area contributed by atoms with E-state index < -0.39 is 12.6 Å². The monoisotopic (exact) mass is 391 g/mol. The van der Waals surface area contributed by atoms with Crippen LogP contribution in [0.3, 0.4) is 0 Å². The molecule has 1 aromatic heterocycles. The van der Waals surface area contributed by atoms with E-state index in [1.807, 2.05) is 12.1 Å². The molecule has 3 rings (SSSR count). The van der Waals surface area contributed by atoms with Crippen LogP contribution in [-0.2, 0) is 6.42 Å². The highest BCUT2D eigenvalue weighted by molar-refractivity contribution is 5.51. The minimum atomic E-state index is -4.40. The fraction of sp³-hybridized carbons (Fsp3) is 0.429. The van der Waals surface area contributed by atoms with Crippen LogP contribution < -0.4 is 4.74 Å². The van der Waals surface area contributed by atoms with Crippen molar-refractivity contribution in [1.82, 2.24) is 14.9 Å². The van der Waals surface area contributed by atoms with Gasteiger partial charge in [0.05, 0.1) is 12.1 Å². The lowest BCUT2D eigenvalue weighted by Crippen LogP contribution is -2.29. The molecule has 0 radical (unpaired) electrons. The number of benzene rings is 1. The summed E-state index contributed by atoms with van der Waals surface area (Å²) in [6, 6.07) is 7.54. The van der Waals surface area contributed by atoms with E-state index in [9.17, 15) is 13.2 Å². The van der Waals surface area contributed by atoms with Gasteiger partial charge in [0.15, 0.2) is 0 Å². The second kappa shape index (κ2) is 8.31. The largest absolute Gasteiger partial charge is 0.439 e. The number of aromatic nitrogens is 2. The molecule has 1 aliphatic rings. The summed E-state index contributed by atoms with van der Waals surface area (Å²) in [5.74, 6) is 1.21. The van der Waals surface area contributed by atoms with Gasteiger partial charge in [-0.15, -0.1) is 0 Å². The van der Waals surface area contributed by atoms with Crippen molar-refractivity contribution in [2.24, 2.45) is 0 Å². The van der Waals surface area contributed by atoms with Gasteiger partial charge in [-0.1, -0.05) is 18.7 Å². The van der Waals surface area contributed by atoms with Crippen LogP contribution >= 0.6 is 0 Å². The maximum absolute atomic E-state index is 13.0. The Morgan fingerprint density at radius 2 is 1.82 bits per heavy atom. The van der Waals surface area contributed by atoms with E-state index in [1.165, 1.54) is 11.6 Å². The van der Waals surface area contributed by atoms with Gasteiger partial charge in [0.25, 0.3) is 0 Å². The molecule has 2 heterocycles. The Hall–Kier alpha value is -2.41. The lowest BCUT2D eigenvalue weighted by Gasteiger charge is -2.29.